The normalized spacial score (nSPS) is 52.7. The van der Waals surface area contributed by atoms with Crippen molar-refractivity contribution < 1.29 is 44.5 Å². The van der Waals surface area contributed by atoms with Crippen LogP contribution < -0.4 is 28.7 Å². The van der Waals surface area contributed by atoms with Crippen LogP contribution in [0.2, 0.25) is 0 Å². The Morgan fingerprint density at radius 3 is 1.88 bits per heavy atom. The highest BCUT2D eigenvalue weighted by molar-refractivity contribution is 5.05. The van der Waals surface area contributed by atoms with Gasteiger partial charge in [-0.2, -0.15) is 0 Å². The molecule has 32 heavy (non-hydrogen) atoms. The van der Waals surface area contributed by atoms with Crippen LogP contribution >= 0.6 is 0 Å². The monoisotopic (exact) mass is 467 g/mol. The molecule has 0 aromatic heterocycles. The first-order valence-corrected chi connectivity index (χ1v) is 10.8. The van der Waals surface area contributed by atoms with E-state index in [4.69, 9.17) is 47.6 Å². The van der Waals surface area contributed by atoms with Crippen LogP contribution in [0.15, 0.2) is 0 Å². The summed E-state index contributed by atoms with van der Waals surface area (Å²) in [5.41, 5.74) is 29.7. The highest BCUT2D eigenvalue weighted by Gasteiger charge is 2.53. The SMILES string of the molecule is NCC1CCC(N)[C@@H](OC2C(O)[C@@H](O[C@H]3OC(CO)[C@@H](O)[C@H](N)C3O)[C@H](N)C(O)[C@@H]2N)O1. The molecule has 2 heterocycles. The Morgan fingerprint density at radius 1 is 0.719 bits per heavy atom. The van der Waals surface area contributed by atoms with Gasteiger partial charge in [0.25, 0.3) is 0 Å². The number of hydrogen-bond donors (Lipinski definition) is 10. The van der Waals surface area contributed by atoms with Gasteiger partial charge >= 0.3 is 0 Å². The maximum Gasteiger partial charge on any atom is 0.186 e. The summed E-state index contributed by atoms with van der Waals surface area (Å²) in [6.45, 7) is -0.320. The summed E-state index contributed by atoms with van der Waals surface area (Å²) in [4.78, 5) is 0. The fourth-order valence-corrected chi connectivity index (χ4v) is 4.35. The van der Waals surface area contributed by atoms with E-state index in [1.807, 2.05) is 0 Å². The summed E-state index contributed by atoms with van der Waals surface area (Å²) in [6.07, 6.45) is -10.7. The van der Waals surface area contributed by atoms with Gasteiger partial charge in [0.2, 0.25) is 0 Å². The minimum absolute atomic E-state index is 0.264. The first kappa shape index (κ1) is 26.1. The lowest BCUT2D eigenvalue weighted by molar-refractivity contribution is -0.318. The Kier molecular flexibility index (Phi) is 8.79. The van der Waals surface area contributed by atoms with Gasteiger partial charge in [0, 0.05) is 6.54 Å². The van der Waals surface area contributed by atoms with E-state index in [0.717, 1.165) is 0 Å². The summed E-state index contributed by atoms with van der Waals surface area (Å²) in [6, 6.07) is -3.97. The quantitative estimate of drug-likeness (QED) is 0.174. The Balaban J connectivity index is 1.74. The van der Waals surface area contributed by atoms with Gasteiger partial charge in [0.15, 0.2) is 12.6 Å². The molecule has 14 atom stereocenters. The number of hydrogen-bond acceptors (Lipinski definition) is 14. The van der Waals surface area contributed by atoms with E-state index in [2.05, 4.69) is 0 Å². The van der Waals surface area contributed by atoms with Gasteiger partial charge in [-0.1, -0.05) is 0 Å². The van der Waals surface area contributed by atoms with Crippen LogP contribution in [0.4, 0.5) is 0 Å². The van der Waals surface area contributed by atoms with E-state index in [9.17, 15) is 25.5 Å². The fourth-order valence-electron chi connectivity index (χ4n) is 4.35. The highest BCUT2D eigenvalue weighted by atomic mass is 16.7. The maximum atomic E-state index is 11.0. The molecule has 15 N–H and O–H groups in total. The first-order chi connectivity index (χ1) is 15.1. The molecule has 0 spiro atoms. The van der Waals surface area contributed by atoms with Gasteiger partial charge in [-0.25, -0.2) is 0 Å². The predicted molar refractivity (Wildman–Crippen MR) is 108 cm³/mol. The highest BCUT2D eigenvalue weighted by Crippen LogP contribution is 2.30. The third kappa shape index (κ3) is 5.08. The molecule has 188 valence electrons. The largest absolute Gasteiger partial charge is 0.394 e. The second-order valence-electron chi connectivity index (χ2n) is 8.72. The van der Waals surface area contributed by atoms with Crippen molar-refractivity contribution in [3.05, 3.63) is 0 Å². The van der Waals surface area contributed by atoms with Crippen molar-refractivity contribution in [1.82, 2.24) is 0 Å². The topological polar surface area (TPSA) is 268 Å². The number of rotatable bonds is 6. The second-order valence-corrected chi connectivity index (χ2v) is 8.72. The lowest BCUT2D eigenvalue weighted by atomic mass is 9.82. The molecule has 7 unspecified atom stereocenters. The van der Waals surface area contributed by atoms with Crippen molar-refractivity contribution in [2.75, 3.05) is 13.2 Å². The molecule has 1 saturated carbocycles. The molecule has 2 aliphatic heterocycles. The molecular weight excluding hydrogens is 430 g/mol. The van der Waals surface area contributed by atoms with E-state index in [0.29, 0.717) is 12.8 Å². The van der Waals surface area contributed by atoms with Crippen molar-refractivity contribution in [3.8, 4) is 0 Å². The van der Waals surface area contributed by atoms with Crippen molar-refractivity contribution in [3.63, 3.8) is 0 Å². The van der Waals surface area contributed by atoms with Crippen molar-refractivity contribution in [2.24, 2.45) is 28.7 Å². The van der Waals surface area contributed by atoms with Crippen LogP contribution in [0.5, 0.6) is 0 Å². The van der Waals surface area contributed by atoms with Gasteiger partial charge in [0.05, 0.1) is 43.0 Å². The minimum Gasteiger partial charge on any atom is -0.394 e. The number of aliphatic hydroxyl groups is 5. The molecular formula is C18H37N5O9. The Labute approximate surface area is 185 Å². The molecule has 3 rings (SSSR count). The van der Waals surface area contributed by atoms with Crippen molar-refractivity contribution in [2.45, 2.75) is 98.4 Å². The lowest BCUT2D eigenvalue weighted by Gasteiger charge is -2.49. The van der Waals surface area contributed by atoms with E-state index in [1.54, 1.807) is 0 Å². The first-order valence-electron chi connectivity index (χ1n) is 10.8. The summed E-state index contributed by atoms with van der Waals surface area (Å²) < 4.78 is 22.7. The Hall–Kier alpha value is -0.560. The van der Waals surface area contributed by atoms with E-state index < -0.39 is 86.1 Å². The molecule has 0 bridgehead atoms. The van der Waals surface area contributed by atoms with Crippen LogP contribution in [-0.2, 0) is 18.9 Å². The van der Waals surface area contributed by atoms with Crippen LogP contribution in [-0.4, -0.2) is 124 Å². The van der Waals surface area contributed by atoms with Gasteiger partial charge in [-0.15, -0.1) is 0 Å². The van der Waals surface area contributed by atoms with Crippen LogP contribution in [0, 0.1) is 0 Å². The molecule has 14 heteroatoms. The van der Waals surface area contributed by atoms with Gasteiger partial charge in [0.1, 0.15) is 36.6 Å². The number of nitrogens with two attached hydrogens (primary N) is 5. The fraction of sp³-hybridized carbons (Fsp3) is 1.00. The lowest BCUT2D eigenvalue weighted by Crippen LogP contribution is -2.72. The summed E-state index contributed by atoms with van der Waals surface area (Å²) in [5.74, 6) is 0. The molecule has 0 amide bonds. The molecule has 0 aromatic rings. The average Bonchev–Trinajstić information content (AvgIpc) is 2.79. The Bertz CT molecular complexity index is 607. The molecule has 0 radical (unpaired) electrons. The van der Waals surface area contributed by atoms with Crippen molar-refractivity contribution in [1.29, 1.82) is 0 Å². The standard InChI is InChI=1S/C18H37N5O9/c19-3-5-1-2-6(20)17(29-5)31-15-9(22)12(26)10(23)16(14(15)28)32-18-13(27)8(21)11(25)7(4-24)30-18/h5-18,24-28H,1-4,19-23H2/t5?,6?,7?,8-,9-,10+,11+,12?,13?,14?,15?,16-,17+,18+/m0/s1. The zero-order valence-corrected chi connectivity index (χ0v) is 17.7. The summed E-state index contributed by atoms with van der Waals surface area (Å²) >= 11 is 0. The maximum absolute atomic E-state index is 11.0. The minimum atomic E-state index is -1.50. The van der Waals surface area contributed by atoms with Crippen LogP contribution in [0.3, 0.4) is 0 Å². The molecule has 3 fully saturated rings. The number of aliphatic hydroxyl groups excluding tert-OH is 5. The molecule has 1 aliphatic carbocycles. The second kappa shape index (κ2) is 10.8. The van der Waals surface area contributed by atoms with Gasteiger partial charge in [-0.05, 0) is 12.8 Å². The number of ether oxygens (including phenoxy) is 4. The van der Waals surface area contributed by atoms with Crippen LogP contribution in [0.25, 0.3) is 0 Å². The molecule has 3 aliphatic rings. The summed E-state index contributed by atoms with van der Waals surface area (Å²) in [7, 11) is 0. The van der Waals surface area contributed by atoms with E-state index in [1.165, 1.54) is 0 Å². The van der Waals surface area contributed by atoms with E-state index >= 15 is 0 Å². The Morgan fingerprint density at radius 2 is 1.31 bits per heavy atom. The molecule has 0 aromatic carbocycles. The smallest absolute Gasteiger partial charge is 0.186 e. The zero-order valence-electron chi connectivity index (χ0n) is 17.7. The third-order valence-electron chi connectivity index (χ3n) is 6.50. The third-order valence-corrected chi connectivity index (χ3v) is 6.50. The molecule has 14 nitrogen and oxygen atoms in total. The van der Waals surface area contributed by atoms with E-state index in [-0.39, 0.29) is 12.6 Å². The van der Waals surface area contributed by atoms with Crippen molar-refractivity contribution >= 4 is 0 Å². The summed E-state index contributed by atoms with van der Waals surface area (Å²) in [5, 5.41) is 51.3. The zero-order chi connectivity index (χ0) is 23.7. The van der Waals surface area contributed by atoms with Gasteiger partial charge < -0.3 is 73.1 Å². The van der Waals surface area contributed by atoms with Gasteiger partial charge in [-0.3, -0.25) is 0 Å². The molecule has 2 saturated heterocycles. The van der Waals surface area contributed by atoms with Crippen LogP contribution in [0.1, 0.15) is 12.8 Å². The average molecular weight is 468 g/mol. The predicted octanol–water partition coefficient (Wildman–Crippen LogP) is -6.30.